The molecule has 0 aliphatic heterocycles. The van der Waals surface area contributed by atoms with Crippen LogP contribution in [0.1, 0.15) is 44.2 Å². The van der Waals surface area contributed by atoms with E-state index in [4.69, 9.17) is 4.98 Å². The van der Waals surface area contributed by atoms with Crippen LogP contribution >= 0.6 is 0 Å². The first kappa shape index (κ1) is 18.0. The molecule has 7 heteroatoms. The highest BCUT2D eigenvalue weighted by atomic mass is 16.2. The summed E-state index contributed by atoms with van der Waals surface area (Å²) in [5.74, 6) is 0.736. The first-order valence-electron chi connectivity index (χ1n) is 10.3. The molecule has 0 N–H and O–H groups in total. The third-order valence-corrected chi connectivity index (χ3v) is 6.35. The number of rotatable bonds is 3. The average Bonchev–Trinajstić information content (AvgIpc) is 3.45. The molecule has 7 nitrogen and oxygen atoms in total. The Bertz CT molecular complexity index is 1340. The van der Waals surface area contributed by atoms with Crippen LogP contribution in [0.25, 0.3) is 28.2 Å². The van der Waals surface area contributed by atoms with Gasteiger partial charge in [-0.25, -0.2) is 4.79 Å². The van der Waals surface area contributed by atoms with Crippen molar-refractivity contribution in [3.8, 4) is 11.3 Å². The summed E-state index contributed by atoms with van der Waals surface area (Å²) >= 11 is 0. The standard InChI is InChI=1S/C22H25N5O2/c1-4-14-9-11-15(12-10-14)17-13-26-18-19(24(2)22(29)25(3)20(18)28)23-21(26)27(17)16-7-5-6-8-16/h9-13,16H,4-8H2,1-3H3. The first-order valence-corrected chi connectivity index (χ1v) is 10.3. The predicted octanol–water partition coefficient (Wildman–Crippen LogP) is 3.03. The topological polar surface area (TPSA) is 66.2 Å². The van der Waals surface area contributed by atoms with Gasteiger partial charge in [-0.2, -0.15) is 4.98 Å². The van der Waals surface area contributed by atoms with Crippen LogP contribution < -0.4 is 11.2 Å². The Labute approximate surface area is 167 Å². The zero-order valence-electron chi connectivity index (χ0n) is 17.1. The third-order valence-electron chi connectivity index (χ3n) is 6.35. The van der Waals surface area contributed by atoms with E-state index >= 15 is 0 Å². The van der Waals surface area contributed by atoms with Crippen molar-refractivity contribution < 1.29 is 0 Å². The van der Waals surface area contributed by atoms with Crippen LogP contribution in [0.4, 0.5) is 0 Å². The number of hydrogen-bond acceptors (Lipinski definition) is 3. The summed E-state index contributed by atoms with van der Waals surface area (Å²) in [6.07, 6.45) is 7.61. The Morgan fingerprint density at radius 2 is 1.72 bits per heavy atom. The fourth-order valence-corrected chi connectivity index (χ4v) is 4.63. The van der Waals surface area contributed by atoms with Gasteiger partial charge in [0.2, 0.25) is 5.78 Å². The van der Waals surface area contributed by atoms with Crippen LogP contribution in [-0.4, -0.2) is 23.1 Å². The quantitative estimate of drug-likeness (QED) is 0.539. The highest BCUT2D eigenvalue weighted by Crippen LogP contribution is 2.36. The van der Waals surface area contributed by atoms with Crippen molar-refractivity contribution in [3.63, 3.8) is 0 Å². The van der Waals surface area contributed by atoms with Crippen molar-refractivity contribution in [2.24, 2.45) is 14.1 Å². The second-order valence-electron chi connectivity index (χ2n) is 8.03. The molecule has 29 heavy (non-hydrogen) atoms. The summed E-state index contributed by atoms with van der Waals surface area (Å²) in [6, 6.07) is 8.96. The van der Waals surface area contributed by atoms with Crippen molar-refractivity contribution in [2.45, 2.75) is 45.1 Å². The van der Waals surface area contributed by atoms with Gasteiger partial charge in [0, 0.05) is 26.3 Å². The molecule has 1 aliphatic carbocycles. The lowest BCUT2D eigenvalue weighted by Crippen LogP contribution is -2.37. The zero-order valence-corrected chi connectivity index (χ0v) is 17.1. The number of nitrogens with zero attached hydrogens (tertiary/aromatic N) is 5. The highest BCUT2D eigenvalue weighted by molar-refractivity contribution is 5.78. The van der Waals surface area contributed by atoms with Gasteiger partial charge in [-0.3, -0.25) is 18.3 Å². The Morgan fingerprint density at radius 1 is 1.03 bits per heavy atom. The van der Waals surface area contributed by atoms with Gasteiger partial charge in [0.15, 0.2) is 11.2 Å². The smallest absolute Gasteiger partial charge is 0.306 e. The molecule has 3 heterocycles. The van der Waals surface area contributed by atoms with Gasteiger partial charge >= 0.3 is 5.69 Å². The monoisotopic (exact) mass is 391 g/mol. The van der Waals surface area contributed by atoms with Gasteiger partial charge in [0.1, 0.15) is 0 Å². The van der Waals surface area contributed by atoms with Crippen LogP contribution in [0.2, 0.25) is 0 Å². The molecule has 0 spiro atoms. The van der Waals surface area contributed by atoms with Crippen LogP contribution in [0.5, 0.6) is 0 Å². The molecule has 0 bridgehead atoms. The third kappa shape index (κ3) is 2.53. The van der Waals surface area contributed by atoms with E-state index in [0.29, 0.717) is 17.2 Å². The number of benzene rings is 1. The fraction of sp³-hybridized carbons (Fsp3) is 0.409. The molecule has 3 aromatic heterocycles. The molecule has 0 amide bonds. The zero-order chi connectivity index (χ0) is 20.3. The van der Waals surface area contributed by atoms with Gasteiger partial charge in [0.25, 0.3) is 5.56 Å². The Morgan fingerprint density at radius 3 is 2.38 bits per heavy atom. The minimum Gasteiger partial charge on any atom is -0.306 e. The van der Waals surface area contributed by atoms with E-state index in [1.807, 2.05) is 10.6 Å². The maximum atomic E-state index is 12.9. The fourth-order valence-electron chi connectivity index (χ4n) is 4.63. The molecule has 0 radical (unpaired) electrons. The van der Waals surface area contributed by atoms with E-state index in [1.54, 1.807) is 7.05 Å². The molecule has 1 aliphatic rings. The number of aromatic nitrogens is 5. The Balaban J connectivity index is 1.86. The van der Waals surface area contributed by atoms with Gasteiger partial charge in [-0.15, -0.1) is 0 Å². The molecule has 1 saturated carbocycles. The van der Waals surface area contributed by atoms with E-state index in [-0.39, 0.29) is 11.2 Å². The predicted molar refractivity (Wildman–Crippen MR) is 113 cm³/mol. The Hall–Kier alpha value is -3.09. The molecule has 1 aromatic carbocycles. The summed E-state index contributed by atoms with van der Waals surface area (Å²) in [5, 5.41) is 0. The summed E-state index contributed by atoms with van der Waals surface area (Å²) in [7, 11) is 3.18. The molecule has 0 saturated heterocycles. The highest BCUT2D eigenvalue weighted by Gasteiger charge is 2.26. The van der Waals surface area contributed by atoms with Crippen molar-refractivity contribution in [1.82, 2.24) is 23.1 Å². The lowest BCUT2D eigenvalue weighted by Gasteiger charge is -2.16. The maximum Gasteiger partial charge on any atom is 0.332 e. The molecule has 4 aromatic rings. The van der Waals surface area contributed by atoms with Gasteiger partial charge < -0.3 is 4.57 Å². The van der Waals surface area contributed by atoms with E-state index in [1.165, 1.54) is 30.0 Å². The summed E-state index contributed by atoms with van der Waals surface area (Å²) in [5.41, 5.74) is 3.71. The molecule has 0 atom stereocenters. The number of aryl methyl sites for hydroxylation is 2. The molecule has 1 fully saturated rings. The number of imidazole rings is 2. The second-order valence-corrected chi connectivity index (χ2v) is 8.03. The van der Waals surface area contributed by atoms with E-state index < -0.39 is 0 Å². The van der Waals surface area contributed by atoms with Crippen LogP contribution in [0.3, 0.4) is 0 Å². The molecule has 5 rings (SSSR count). The summed E-state index contributed by atoms with van der Waals surface area (Å²) < 4.78 is 6.76. The van der Waals surface area contributed by atoms with Crippen molar-refractivity contribution in [1.29, 1.82) is 0 Å². The van der Waals surface area contributed by atoms with E-state index in [0.717, 1.165) is 40.9 Å². The van der Waals surface area contributed by atoms with E-state index in [9.17, 15) is 9.59 Å². The van der Waals surface area contributed by atoms with Crippen molar-refractivity contribution in [3.05, 3.63) is 56.9 Å². The van der Waals surface area contributed by atoms with Crippen LogP contribution in [0, 0.1) is 0 Å². The summed E-state index contributed by atoms with van der Waals surface area (Å²) in [6.45, 7) is 2.15. The van der Waals surface area contributed by atoms with Crippen molar-refractivity contribution in [2.75, 3.05) is 0 Å². The minimum atomic E-state index is -0.356. The molecule has 150 valence electrons. The van der Waals surface area contributed by atoms with Gasteiger partial charge in [-0.1, -0.05) is 44.0 Å². The van der Waals surface area contributed by atoms with Gasteiger partial charge in [0.05, 0.1) is 5.69 Å². The lowest BCUT2D eigenvalue weighted by atomic mass is 10.1. The SMILES string of the molecule is CCc1ccc(-c2cn3c4c(=O)n(C)c(=O)n(C)c4nc3n2C2CCCC2)cc1. The molecular formula is C22H25N5O2. The second kappa shape index (κ2) is 6.47. The van der Waals surface area contributed by atoms with E-state index in [2.05, 4.69) is 35.8 Å². The Kier molecular flexibility index (Phi) is 4.01. The minimum absolute atomic E-state index is 0.313. The maximum absolute atomic E-state index is 12.9. The van der Waals surface area contributed by atoms with Crippen LogP contribution in [0.15, 0.2) is 40.1 Å². The number of hydrogen-bond donors (Lipinski definition) is 0. The first-order chi connectivity index (χ1) is 14.0. The molecule has 0 unspecified atom stereocenters. The lowest BCUT2D eigenvalue weighted by molar-refractivity contribution is 0.535. The van der Waals surface area contributed by atoms with Crippen molar-refractivity contribution >= 4 is 16.9 Å². The number of fused-ring (bicyclic) bond motifs is 3. The summed E-state index contributed by atoms with van der Waals surface area (Å²) in [4.78, 5) is 30.1. The molecular weight excluding hydrogens is 366 g/mol. The van der Waals surface area contributed by atoms with Gasteiger partial charge in [-0.05, 0) is 30.4 Å². The average molecular weight is 391 g/mol. The van der Waals surface area contributed by atoms with Crippen LogP contribution in [-0.2, 0) is 20.5 Å². The normalized spacial score (nSPS) is 15.1. The largest absolute Gasteiger partial charge is 0.332 e.